The first-order valence-electron chi connectivity index (χ1n) is 6.89. The molecular formula is C15H17ClN2O4S. The summed E-state index contributed by atoms with van der Waals surface area (Å²) < 4.78 is 28.2. The molecule has 0 spiro atoms. The molecule has 0 fully saturated rings. The molecule has 8 heteroatoms. The molecule has 6 nitrogen and oxygen atoms in total. The quantitative estimate of drug-likeness (QED) is 0.812. The third-order valence-electron chi connectivity index (χ3n) is 3.32. The molecule has 23 heavy (non-hydrogen) atoms. The van der Waals surface area contributed by atoms with Crippen LogP contribution < -0.4 is 10.3 Å². The van der Waals surface area contributed by atoms with Gasteiger partial charge in [-0.15, -0.1) is 0 Å². The molecule has 0 aliphatic heterocycles. The zero-order valence-corrected chi connectivity index (χ0v) is 14.0. The molecule has 2 aromatic rings. The van der Waals surface area contributed by atoms with Crippen molar-refractivity contribution in [3.63, 3.8) is 0 Å². The molecule has 2 rings (SSSR count). The molecule has 124 valence electrons. The van der Waals surface area contributed by atoms with Crippen LogP contribution in [-0.2, 0) is 16.6 Å². The molecule has 0 amide bonds. The van der Waals surface area contributed by atoms with Crippen LogP contribution in [0.3, 0.4) is 0 Å². The molecule has 2 N–H and O–H groups in total. The lowest BCUT2D eigenvalue weighted by molar-refractivity contribution is 0.156. The van der Waals surface area contributed by atoms with Gasteiger partial charge < -0.3 is 9.67 Å². The van der Waals surface area contributed by atoms with Gasteiger partial charge in [0.25, 0.3) is 5.56 Å². The van der Waals surface area contributed by atoms with Crippen LogP contribution in [0, 0.1) is 6.92 Å². The van der Waals surface area contributed by atoms with E-state index in [9.17, 15) is 18.3 Å². The monoisotopic (exact) mass is 356 g/mol. The maximum absolute atomic E-state index is 12.3. The predicted molar refractivity (Wildman–Crippen MR) is 88.1 cm³/mol. The Balaban J connectivity index is 2.06. The largest absolute Gasteiger partial charge is 0.390 e. The van der Waals surface area contributed by atoms with Crippen molar-refractivity contribution in [2.45, 2.75) is 24.5 Å². The molecule has 1 atom stereocenters. The fourth-order valence-corrected chi connectivity index (χ4v) is 3.63. The number of aliphatic hydroxyl groups excluding tert-OH is 1. The fraction of sp³-hybridized carbons (Fsp3) is 0.267. The molecule has 0 radical (unpaired) electrons. The van der Waals surface area contributed by atoms with E-state index in [1.807, 2.05) is 0 Å². The Morgan fingerprint density at radius 3 is 2.70 bits per heavy atom. The lowest BCUT2D eigenvalue weighted by Gasteiger charge is -2.15. The van der Waals surface area contributed by atoms with Gasteiger partial charge in [0.1, 0.15) is 0 Å². The molecule has 1 aromatic heterocycles. The highest BCUT2D eigenvalue weighted by Crippen LogP contribution is 2.22. The van der Waals surface area contributed by atoms with Gasteiger partial charge in [-0.1, -0.05) is 23.7 Å². The molecule has 0 saturated carbocycles. The number of sulfonamides is 1. The summed E-state index contributed by atoms with van der Waals surface area (Å²) in [7, 11) is -3.79. The number of nitrogens with zero attached hydrogens (tertiary/aromatic N) is 1. The number of hydrogen-bond donors (Lipinski definition) is 2. The molecule has 0 bridgehead atoms. The highest BCUT2D eigenvalue weighted by atomic mass is 35.5. The van der Waals surface area contributed by atoms with Gasteiger partial charge in [-0.2, -0.15) is 0 Å². The third kappa shape index (κ3) is 4.42. The van der Waals surface area contributed by atoms with Gasteiger partial charge in [-0.05, 0) is 30.7 Å². The number of nitrogens with one attached hydrogen (secondary N) is 1. The van der Waals surface area contributed by atoms with Gasteiger partial charge in [0, 0.05) is 23.8 Å². The van der Waals surface area contributed by atoms with E-state index in [4.69, 9.17) is 11.6 Å². The van der Waals surface area contributed by atoms with Crippen molar-refractivity contribution in [2.24, 2.45) is 0 Å². The summed E-state index contributed by atoms with van der Waals surface area (Å²) in [6, 6.07) is 9.21. The predicted octanol–water partition coefficient (Wildman–Crippen LogP) is 1.15. The number of benzene rings is 1. The fourth-order valence-electron chi connectivity index (χ4n) is 2.07. The molecule has 0 aliphatic rings. The number of pyridine rings is 1. The van der Waals surface area contributed by atoms with E-state index in [0.29, 0.717) is 10.6 Å². The molecule has 1 heterocycles. The Morgan fingerprint density at radius 2 is 2.00 bits per heavy atom. The van der Waals surface area contributed by atoms with Crippen molar-refractivity contribution in [3.8, 4) is 0 Å². The summed E-state index contributed by atoms with van der Waals surface area (Å²) in [6.45, 7) is 1.39. The maximum Gasteiger partial charge on any atom is 0.250 e. The minimum absolute atomic E-state index is 0.00325. The summed E-state index contributed by atoms with van der Waals surface area (Å²) in [5, 5.41) is 10.3. The van der Waals surface area contributed by atoms with Crippen LogP contribution in [0.5, 0.6) is 0 Å². The van der Waals surface area contributed by atoms with Crippen molar-refractivity contribution in [2.75, 3.05) is 6.54 Å². The van der Waals surface area contributed by atoms with Crippen LogP contribution in [0.2, 0.25) is 5.02 Å². The van der Waals surface area contributed by atoms with Crippen molar-refractivity contribution < 1.29 is 13.5 Å². The average molecular weight is 357 g/mol. The number of hydrogen-bond acceptors (Lipinski definition) is 4. The van der Waals surface area contributed by atoms with Crippen LogP contribution in [0.1, 0.15) is 5.56 Å². The summed E-state index contributed by atoms with van der Waals surface area (Å²) in [5.41, 5.74) is 0.176. The highest BCUT2D eigenvalue weighted by molar-refractivity contribution is 7.89. The lowest BCUT2D eigenvalue weighted by atomic mass is 10.2. The van der Waals surface area contributed by atoms with E-state index in [1.54, 1.807) is 31.2 Å². The normalized spacial score (nSPS) is 13.0. The second-order valence-electron chi connectivity index (χ2n) is 5.06. The number of aromatic nitrogens is 1. The SMILES string of the molecule is Cc1c(Cl)cccc1S(=O)(=O)NCC(O)Cn1ccccc1=O. The van der Waals surface area contributed by atoms with Crippen LogP contribution in [-0.4, -0.2) is 30.7 Å². The Morgan fingerprint density at radius 1 is 1.26 bits per heavy atom. The summed E-state index contributed by atoms with van der Waals surface area (Å²) in [5.74, 6) is 0. The van der Waals surface area contributed by atoms with Gasteiger partial charge >= 0.3 is 0 Å². The molecule has 1 aromatic carbocycles. The zero-order valence-electron chi connectivity index (χ0n) is 12.4. The molecule has 1 unspecified atom stereocenters. The Labute approximate surface area is 139 Å². The Bertz CT molecular complexity index is 849. The first-order valence-corrected chi connectivity index (χ1v) is 8.75. The van der Waals surface area contributed by atoms with Gasteiger partial charge in [-0.3, -0.25) is 4.79 Å². The Kier molecular flexibility index (Phi) is 5.59. The van der Waals surface area contributed by atoms with Crippen molar-refractivity contribution in [1.82, 2.24) is 9.29 Å². The standard InChI is InChI=1S/C15H17ClN2O4S/c1-11-13(16)5-4-6-14(11)23(21,22)17-9-12(19)10-18-8-3-2-7-15(18)20/h2-8,12,17,19H,9-10H2,1H3. The van der Waals surface area contributed by atoms with E-state index in [0.717, 1.165) is 0 Å². The summed E-state index contributed by atoms with van der Waals surface area (Å²) in [6.07, 6.45) is 0.491. The maximum atomic E-state index is 12.3. The van der Waals surface area contributed by atoms with E-state index < -0.39 is 16.1 Å². The van der Waals surface area contributed by atoms with Gasteiger partial charge in [-0.25, -0.2) is 13.1 Å². The first-order chi connectivity index (χ1) is 10.8. The number of rotatable bonds is 6. The minimum Gasteiger partial charge on any atom is -0.390 e. The lowest BCUT2D eigenvalue weighted by Crippen LogP contribution is -2.36. The van der Waals surface area contributed by atoms with Crippen LogP contribution in [0.4, 0.5) is 0 Å². The zero-order chi connectivity index (χ0) is 17.0. The smallest absolute Gasteiger partial charge is 0.250 e. The van der Waals surface area contributed by atoms with Gasteiger partial charge in [0.05, 0.1) is 17.5 Å². The van der Waals surface area contributed by atoms with E-state index in [1.165, 1.54) is 22.9 Å². The first kappa shape index (κ1) is 17.7. The van der Waals surface area contributed by atoms with Gasteiger partial charge in [0.2, 0.25) is 10.0 Å². The van der Waals surface area contributed by atoms with Crippen molar-refractivity contribution >= 4 is 21.6 Å². The van der Waals surface area contributed by atoms with E-state index >= 15 is 0 Å². The number of aliphatic hydroxyl groups is 1. The molecule has 0 aliphatic carbocycles. The average Bonchev–Trinajstić information content (AvgIpc) is 2.50. The summed E-state index contributed by atoms with van der Waals surface area (Å²) >= 11 is 5.93. The number of halogens is 1. The topological polar surface area (TPSA) is 88.4 Å². The Hall–Kier alpha value is -1.67. The highest BCUT2D eigenvalue weighted by Gasteiger charge is 2.19. The van der Waals surface area contributed by atoms with Gasteiger partial charge in [0.15, 0.2) is 0 Å². The van der Waals surface area contributed by atoms with E-state index in [-0.39, 0.29) is 23.5 Å². The molecule has 0 saturated heterocycles. The third-order valence-corrected chi connectivity index (χ3v) is 5.30. The second-order valence-corrected chi connectivity index (χ2v) is 7.20. The van der Waals surface area contributed by atoms with Crippen LogP contribution >= 0.6 is 11.6 Å². The summed E-state index contributed by atoms with van der Waals surface area (Å²) in [4.78, 5) is 11.6. The molecular weight excluding hydrogens is 340 g/mol. The van der Waals surface area contributed by atoms with Crippen LogP contribution in [0.25, 0.3) is 0 Å². The van der Waals surface area contributed by atoms with Crippen molar-refractivity contribution in [1.29, 1.82) is 0 Å². The second kappa shape index (κ2) is 7.27. The van der Waals surface area contributed by atoms with Crippen LogP contribution in [0.15, 0.2) is 52.3 Å². The minimum atomic E-state index is -3.79. The van der Waals surface area contributed by atoms with E-state index in [2.05, 4.69) is 4.72 Å². The van der Waals surface area contributed by atoms with Crippen molar-refractivity contribution in [3.05, 3.63) is 63.5 Å².